The van der Waals surface area contributed by atoms with Gasteiger partial charge in [-0.3, -0.25) is 4.68 Å². The fourth-order valence-corrected chi connectivity index (χ4v) is 2.32. The third kappa shape index (κ3) is 2.20. The van der Waals surface area contributed by atoms with Crippen LogP contribution in [0.3, 0.4) is 0 Å². The van der Waals surface area contributed by atoms with Gasteiger partial charge in [0.15, 0.2) is 5.82 Å². The van der Waals surface area contributed by atoms with Crippen LogP contribution in [0.5, 0.6) is 0 Å². The van der Waals surface area contributed by atoms with E-state index in [1.165, 1.54) is 0 Å². The van der Waals surface area contributed by atoms with Crippen LogP contribution in [0, 0.1) is 0 Å². The van der Waals surface area contributed by atoms with Crippen LogP contribution >= 0.6 is 11.6 Å². The molecule has 7 nitrogen and oxygen atoms in total. The second kappa shape index (κ2) is 5.09. The van der Waals surface area contributed by atoms with E-state index in [2.05, 4.69) is 37.3 Å². The highest BCUT2D eigenvalue weighted by Gasteiger charge is 2.16. The molecule has 2 N–H and O–H groups in total. The Bertz CT molecular complexity index is 732. The molecule has 0 bridgehead atoms. The van der Waals surface area contributed by atoms with Crippen molar-refractivity contribution in [3.63, 3.8) is 0 Å². The first-order chi connectivity index (χ1) is 9.69. The van der Waals surface area contributed by atoms with E-state index in [1.807, 2.05) is 7.05 Å². The average molecular weight is 292 g/mol. The van der Waals surface area contributed by atoms with Gasteiger partial charge in [0.05, 0.1) is 5.69 Å². The van der Waals surface area contributed by atoms with E-state index in [1.54, 1.807) is 17.1 Å². The minimum absolute atomic E-state index is 0.192. The maximum Gasteiger partial charge on any atom is 0.225 e. The van der Waals surface area contributed by atoms with Gasteiger partial charge < -0.3 is 10.3 Å². The molecular formula is C12H14ClN7. The third-order valence-corrected chi connectivity index (χ3v) is 3.12. The standard InChI is InChI=1S/C12H14ClN7/c1-3-4-7-8-9(20(2)19-7)10(17-11(13)16-8)18-12-14-5-6-15-12/h5-6H,3-4H2,1-2H3,(H2,14,15,16,17,18). The number of anilines is 2. The van der Waals surface area contributed by atoms with Crippen LogP contribution in [0.4, 0.5) is 11.8 Å². The number of fused-ring (bicyclic) bond motifs is 1. The maximum atomic E-state index is 6.02. The van der Waals surface area contributed by atoms with Crippen molar-refractivity contribution >= 4 is 34.4 Å². The number of hydrogen-bond acceptors (Lipinski definition) is 5. The molecular weight excluding hydrogens is 278 g/mol. The number of aromatic nitrogens is 6. The number of imidazole rings is 1. The highest BCUT2D eigenvalue weighted by Crippen LogP contribution is 2.26. The Morgan fingerprint density at radius 3 is 2.95 bits per heavy atom. The summed E-state index contributed by atoms with van der Waals surface area (Å²) in [6.07, 6.45) is 5.24. The molecule has 20 heavy (non-hydrogen) atoms. The zero-order valence-corrected chi connectivity index (χ0v) is 11.9. The van der Waals surface area contributed by atoms with Gasteiger partial charge in [-0.2, -0.15) is 10.1 Å². The minimum Gasteiger partial charge on any atom is -0.331 e. The lowest BCUT2D eigenvalue weighted by Gasteiger charge is -2.05. The molecule has 0 fully saturated rings. The second-order valence-electron chi connectivity index (χ2n) is 4.42. The summed E-state index contributed by atoms with van der Waals surface area (Å²) >= 11 is 6.02. The molecule has 3 rings (SSSR count). The van der Waals surface area contributed by atoms with Crippen molar-refractivity contribution in [2.75, 3.05) is 5.32 Å². The zero-order valence-electron chi connectivity index (χ0n) is 11.2. The molecule has 0 aromatic carbocycles. The topological polar surface area (TPSA) is 84.3 Å². The summed E-state index contributed by atoms with van der Waals surface area (Å²) in [5.74, 6) is 1.19. The molecule has 3 aromatic heterocycles. The number of rotatable bonds is 4. The van der Waals surface area contributed by atoms with Crippen molar-refractivity contribution in [3.05, 3.63) is 23.4 Å². The van der Waals surface area contributed by atoms with Gasteiger partial charge in [0.1, 0.15) is 11.0 Å². The van der Waals surface area contributed by atoms with Crippen LogP contribution in [0.25, 0.3) is 11.0 Å². The van der Waals surface area contributed by atoms with Gasteiger partial charge in [-0.25, -0.2) is 9.97 Å². The van der Waals surface area contributed by atoms with Gasteiger partial charge in [0, 0.05) is 19.4 Å². The smallest absolute Gasteiger partial charge is 0.225 e. The van der Waals surface area contributed by atoms with Crippen LogP contribution in [-0.4, -0.2) is 29.7 Å². The Morgan fingerprint density at radius 1 is 1.40 bits per heavy atom. The van der Waals surface area contributed by atoms with Crippen molar-refractivity contribution in [1.29, 1.82) is 0 Å². The summed E-state index contributed by atoms with van der Waals surface area (Å²) in [5, 5.41) is 7.79. The summed E-state index contributed by atoms with van der Waals surface area (Å²) in [6, 6.07) is 0. The van der Waals surface area contributed by atoms with Crippen molar-refractivity contribution in [3.8, 4) is 0 Å². The fourth-order valence-electron chi connectivity index (χ4n) is 2.15. The molecule has 0 atom stereocenters. The molecule has 0 radical (unpaired) electrons. The molecule has 104 valence electrons. The van der Waals surface area contributed by atoms with Gasteiger partial charge in [-0.15, -0.1) is 0 Å². The molecule has 0 spiro atoms. The molecule has 0 unspecified atom stereocenters. The Kier molecular flexibility index (Phi) is 3.27. The number of hydrogen-bond donors (Lipinski definition) is 2. The SMILES string of the molecule is CCCc1nn(C)c2c(Nc3ncc[nH]3)nc(Cl)nc12. The normalized spacial score (nSPS) is 11.2. The molecule has 8 heteroatoms. The van der Waals surface area contributed by atoms with E-state index in [0.717, 1.165) is 29.6 Å². The number of nitrogens with one attached hydrogen (secondary N) is 2. The summed E-state index contributed by atoms with van der Waals surface area (Å²) in [7, 11) is 1.87. The second-order valence-corrected chi connectivity index (χ2v) is 4.76. The van der Waals surface area contributed by atoms with Crippen molar-refractivity contribution in [2.24, 2.45) is 7.05 Å². The Labute approximate surface area is 120 Å². The zero-order chi connectivity index (χ0) is 14.1. The predicted molar refractivity (Wildman–Crippen MR) is 77.2 cm³/mol. The number of H-pyrrole nitrogens is 1. The summed E-state index contributed by atoms with van der Waals surface area (Å²) in [5.41, 5.74) is 2.52. The largest absolute Gasteiger partial charge is 0.331 e. The van der Waals surface area contributed by atoms with Crippen LogP contribution in [0.15, 0.2) is 12.4 Å². The van der Waals surface area contributed by atoms with E-state index < -0.39 is 0 Å². The molecule has 0 aliphatic heterocycles. The Morgan fingerprint density at radius 2 is 2.25 bits per heavy atom. The van der Waals surface area contributed by atoms with Crippen LogP contribution < -0.4 is 5.32 Å². The van der Waals surface area contributed by atoms with Crippen LogP contribution in [0.1, 0.15) is 19.0 Å². The van der Waals surface area contributed by atoms with Crippen molar-refractivity contribution < 1.29 is 0 Å². The first-order valence-electron chi connectivity index (χ1n) is 6.34. The summed E-state index contributed by atoms with van der Waals surface area (Å²) in [4.78, 5) is 15.6. The predicted octanol–water partition coefficient (Wildman–Crippen LogP) is 2.44. The lowest BCUT2D eigenvalue weighted by Crippen LogP contribution is -2.01. The Hall–Kier alpha value is -2.15. The van der Waals surface area contributed by atoms with E-state index >= 15 is 0 Å². The number of nitrogens with zero attached hydrogens (tertiary/aromatic N) is 5. The lowest BCUT2D eigenvalue weighted by atomic mass is 10.2. The van der Waals surface area contributed by atoms with E-state index in [4.69, 9.17) is 11.6 Å². The van der Waals surface area contributed by atoms with Gasteiger partial charge in [-0.1, -0.05) is 13.3 Å². The first-order valence-corrected chi connectivity index (χ1v) is 6.72. The molecule has 0 amide bonds. The fraction of sp³-hybridized carbons (Fsp3) is 0.333. The van der Waals surface area contributed by atoms with Crippen molar-refractivity contribution in [2.45, 2.75) is 19.8 Å². The van der Waals surface area contributed by atoms with Gasteiger partial charge >= 0.3 is 0 Å². The minimum atomic E-state index is 0.192. The molecule has 3 heterocycles. The van der Waals surface area contributed by atoms with E-state index in [-0.39, 0.29) is 5.28 Å². The van der Waals surface area contributed by atoms with Crippen LogP contribution in [-0.2, 0) is 13.5 Å². The highest BCUT2D eigenvalue weighted by molar-refractivity contribution is 6.28. The van der Waals surface area contributed by atoms with Crippen molar-refractivity contribution in [1.82, 2.24) is 29.7 Å². The molecule has 0 aliphatic rings. The van der Waals surface area contributed by atoms with Gasteiger partial charge in [-0.05, 0) is 18.0 Å². The van der Waals surface area contributed by atoms with Gasteiger partial charge in [0.25, 0.3) is 0 Å². The third-order valence-electron chi connectivity index (χ3n) is 2.95. The Balaban J connectivity index is 2.16. The van der Waals surface area contributed by atoms with Crippen LogP contribution in [0.2, 0.25) is 5.28 Å². The first kappa shape index (κ1) is 12.9. The lowest BCUT2D eigenvalue weighted by molar-refractivity contribution is 0.753. The van der Waals surface area contributed by atoms with Gasteiger partial charge in [0.2, 0.25) is 11.2 Å². The highest BCUT2D eigenvalue weighted by atomic mass is 35.5. The monoisotopic (exact) mass is 291 g/mol. The van der Waals surface area contributed by atoms with E-state index in [9.17, 15) is 0 Å². The summed E-state index contributed by atoms with van der Waals surface area (Å²) < 4.78 is 1.77. The molecule has 0 saturated heterocycles. The number of aryl methyl sites for hydroxylation is 2. The average Bonchev–Trinajstić information content (AvgIpc) is 2.99. The molecule has 0 aliphatic carbocycles. The van der Waals surface area contributed by atoms with E-state index in [0.29, 0.717) is 11.8 Å². The maximum absolute atomic E-state index is 6.02. The molecule has 0 saturated carbocycles. The molecule has 3 aromatic rings. The number of aromatic amines is 1. The summed E-state index contributed by atoms with van der Waals surface area (Å²) in [6.45, 7) is 2.10. The quantitative estimate of drug-likeness (QED) is 0.721. The number of halogens is 1.